The molecule has 6 aromatic rings. The van der Waals surface area contributed by atoms with E-state index in [0.29, 0.717) is 5.92 Å². The molecule has 5 aromatic carbocycles. The van der Waals surface area contributed by atoms with Crippen LogP contribution in [0.2, 0.25) is 0 Å². The van der Waals surface area contributed by atoms with E-state index in [4.69, 9.17) is 0 Å². The van der Waals surface area contributed by atoms with Gasteiger partial charge in [0.05, 0.1) is 0 Å². The van der Waals surface area contributed by atoms with Gasteiger partial charge in [-0.15, -0.1) is 11.3 Å². The maximum atomic E-state index is 2.51. The SMILES string of the molecule is C1=C(c2ccccc2)C=C(c2ccc3c(c2)C2CC=c4sc5ccc(-c6cccc(-c7ccccc7)c6)cc5c4=C2S3)CC1. The van der Waals surface area contributed by atoms with Crippen LogP contribution in [0.5, 0.6) is 0 Å². The molecule has 2 aliphatic carbocycles. The minimum absolute atomic E-state index is 0.443. The summed E-state index contributed by atoms with van der Waals surface area (Å²) in [6, 6.07) is 44.8. The molecule has 1 aliphatic heterocycles. The highest BCUT2D eigenvalue weighted by atomic mass is 32.2. The van der Waals surface area contributed by atoms with Crippen molar-refractivity contribution in [1.82, 2.24) is 0 Å². The molecule has 0 amide bonds. The van der Waals surface area contributed by atoms with Crippen LogP contribution in [0.15, 0.2) is 138 Å². The third-order valence-electron chi connectivity index (χ3n) is 9.31. The van der Waals surface area contributed by atoms with Crippen LogP contribution in [0.4, 0.5) is 0 Å². The minimum atomic E-state index is 0.443. The van der Waals surface area contributed by atoms with E-state index in [1.807, 2.05) is 23.1 Å². The number of thiophene rings is 1. The van der Waals surface area contributed by atoms with Crippen molar-refractivity contribution in [2.45, 2.75) is 30.1 Å². The van der Waals surface area contributed by atoms with Crippen molar-refractivity contribution in [2.24, 2.45) is 0 Å². The van der Waals surface area contributed by atoms with Gasteiger partial charge in [0, 0.05) is 35.6 Å². The Morgan fingerprint density at radius 3 is 2.16 bits per heavy atom. The number of benzene rings is 5. The van der Waals surface area contributed by atoms with E-state index in [1.54, 1.807) is 4.91 Å². The van der Waals surface area contributed by atoms with Crippen molar-refractivity contribution >= 4 is 55.3 Å². The highest BCUT2D eigenvalue weighted by Crippen LogP contribution is 2.52. The minimum Gasteiger partial charge on any atom is -0.135 e. The molecule has 1 unspecified atom stereocenters. The van der Waals surface area contributed by atoms with Gasteiger partial charge < -0.3 is 0 Å². The summed E-state index contributed by atoms with van der Waals surface area (Å²) in [7, 11) is 0. The zero-order valence-corrected chi connectivity index (χ0v) is 25.9. The normalized spacial score (nSPS) is 16.9. The third-order valence-corrected chi connectivity index (χ3v) is 11.8. The molecule has 2 heterocycles. The molecule has 0 N–H and O–H groups in total. The zero-order valence-electron chi connectivity index (χ0n) is 24.3. The quantitative estimate of drug-likeness (QED) is 0.195. The zero-order chi connectivity index (χ0) is 29.0. The molecule has 0 bridgehead atoms. The summed E-state index contributed by atoms with van der Waals surface area (Å²) in [5, 5.41) is 2.87. The maximum absolute atomic E-state index is 2.51. The first kappa shape index (κ1) is 26.1. The van der Waals surface area contributed by atoms with Crippen molar-refractivity contribution in [3.63, 3.8) is 0 Å². The van der Waals surface area contributed by atoms with Gasteiger partial charge in [0.2, 0.25) is 0 Å². The third kappa shape index (κ3) is 4.44. The van der Waals surface area contributed by atoms with Gasteiger partial charge in [0.15, 0.2) is 0 Å². The Morgan fingerprint density at radius 1 is 0.591 bits per heavy atom. The van der Waals surface area contributed by atoms with Gasteiger partial charge >= 0.3 is 0 Å². The predicted molar refractivity (Wildman–Crippen MR) is 191 cm³/mol. The van der Waals surface area contributed by atoms with Crippen molar-refractivity contribution in [2.75, 3.05) is 0 Å². The maximum Gasteiger partial charge on any atom is 0.0356 e. The highest BCUT2D eigenvalue weighted by molar-refractivity contribution is 8.08. The molecule has 9 rings (SSSR count). The summed E-state index contributed by atoms with van der Waals surface area (Å²) in [5.74, 6) is 0.443. The van der Waals surface area contributed by atoms with Crippen molar-refractivity contribution in [1.29, 1.82) is 0 Å². The van der Waals surface area contributed by atoms with Gasteiger partial charge in [-0.3, -0.25) is 0 Å². The molecule has 0 saturated carbocycles. The average Bonchev–Trinajstić information content (AvgIpc) is 3.66. The molecule has 1 atom stereocenters. The van der Waals surface area contributed by atoms with Gasteiger partial charge in [0.1, 0.15) is 0 Å². The summed E-state index contributed by atoms with van der Waals surface area (Å²) in [6.45, 7) is 0. The standard InChI is InChI=1S/C42H30S2/c1-3-9-27(10-4-1)29-13-7-15-31(23-29)33-17-20-38-36(25-33)35-19-22-40-41(42(35)44-38)37-26-34(18-21-39(37)43-40)32-16-8-14-30(24-32)28-11-5-2-6-12-28/h1-6,8-14,16-18,20-26,35H,7,15,19H2. The van der Waals surface area contributed by atoms with Crippen LogP contribution in [0, 0.1) is 0 Å². The van der Waals surface area contributed by atoms with Gasteiger partial charge in [-0.1, -0.05) is 121 Å². The van der Waals surface area contributed by atoms with E-state index >= 15 is 0 Å². The number of thioether (sulfide) groups is 1. The largest absolute Gasteiger partial charge is 0.135 e. The number of rotatable bonds is 4. The summed E-state index contributed by atoms with van der Waals surface area (Å²) in [5.41, 5.74) is 12.1. The van der Waals surface area contributed by atoms with E-state index in [0.717, 1.165) is 19.3 Å². The van der Waals surface area contributed by atoms with E-state index in [1.165, 1.54) is 74.8 Å². The van der Waals surface area contributed by atoms with Crippen LogP contribution in [-0.4, -0.2) is 0 Å². The second-order valence-corrected chi connectivity index (χ2v) is 14.1. The van der Waals surface area contributed by atoms with Gasteiger partial charge in [0.25, 0.3) is 0 Å². The Labute approximate surface area is 266 Å². The molecular formula is C42H30S2. The number of hydrogen-bond acceptors (Lipinski definition) is 2. The molecule has 2 heteroatoms. The monoisotopic (exact) mass is 598 g/mol. The fraction of sp³-hybridized carbons (Fsp3) is 0.0952. The molecule has 3 aliphatic rings. The Morgan fingerprint density at radius 2 is 1.32 bits per heavy atom. The molecule has 0 saturated heterocycles. The fourth-order valence-electron chi connectivity index (χ4n) is 7.09. The van der Waals surface area contributed by atoms with Gasteiger partial charge in [-0.25, -0.2) is 0 Å². The average molecular weight is 599 g/mol. The van der Waals surface area contributed by atoms with Crippen LogP contribution >= 0.6 is 23.1 Å². The Balaban J connectivity index is 1.11. The Bertz CT molecular complexity index is 2270. The first-order chi connectivity index (χ1) is 21.8. The van der Waals surface area contributed by atoms with Crippen LogP contribution in [0.3, 0.4) is 0 Å². The van der Waals surface area contributed by atoms with Crippen LogP contribution < -0.4 is 9.75 Å². The van der Waals surface area contributed by atoms with Crippen molar-refractivity contribution in [3.8, 4) is 22.3 Å². The second kappa shape index (κ2) is 10.7. The lowest BCUT2D eigenvalue weighted by molar-refractivity contribution is 0.905. The smallest absolute Gasteiger partial charge is 0.0356 e. The van der Waals surface area contributed by atoms with E-state index in [9.17, 15) is 0 Å². The van der Waals surface area contributed by atoms with Crippen molar-refractivity contribution in [3.05, 3.63) is 160 Å². The molecule has 0 spiro atoms. The first-order valence-electron chi connectivity index (χ1n) is 15.5. The second-order valence-electron chi connectivity index (χ2n) is 11.9. The summed E-state index contributed by atoms with van der Waals surface area (Å²) >= 11 is 3.96. The summed E-state index contributed by atoms with van der Waals surface area (Å²) in [4.78, 5) is 2.97. The van der Waals surface area contributed by atoms with Crippen molar-refractivity contribution < 1.29 is 0 Å². The summed E-state index contributed by atoms with van der Waals surface area (Å²) < 4.78 is 2.82. The Kier molecular flexibility index (Phi) is 6.32. The summed E-state index contributed by atoms with van der Waals surface area (Å²) in [6.07, 6.45) is 10.6. The topological polar surface area (TPSA) is 0 Å². The molecule has 0 nitrogen and oxygen atoms in total. The Hall–Kier alpha value is -4.37. The lowest BCUT2D eigenvalue weighted by Gasteiger charge is -2.17. The fourth-order valence-corrected chi connectivity index (χ4v) is 9.68. The number of hydrogen-bond donors (Lipinski definition) is 0. The van der Waals surface area contributed by atoms with E-state index in [2.05, 4.69) is 140 Å². The molecule has 44 heavy (non-hydrogen) atoms. The van der Waals surface area contributed by atoms with Crippen LogP contribution in [-0.2, 0) is 0 Å². The lowest BCUT2D eigenvalue weighted by Crippen LogP contribution is -2.26. The molecule has 0 fully saturated rings. The van der Waals surface area contributed by atoms with Crippen LogP contribution in [0.25, 0.3) is 54.5 Å². The highest BCUT2D eigenvalue weighted by Gasteiger charge is 2.31. The number of allylic oxidation sites excluding steroid dienone is 4. The van der Waals surface area contributed by atoms with Gasteiger partial charge in [-0.2, -0.15) is 0 Å². The lowest BCUT2D eigenvalue weighted by atomic mass is 9.86. The van der Waals surface area contributed by atoms with Crippen LogP contribution in [0.1, 0.15) is 41.9 Å². The first-order valence-corrected chi connectivity index (χ1v) is 17.1. The van der Waals surface area contributed by atoms with Gasteiger partial charge in [-0.05, 0) is 99.7 Å². The molecule has 210 valence electrons. The number of fused-ring (bicyclic) bond motifs is 6. The van der Waals surface area contributed by atoms with E-state index < -0.39 is 0 Å². The molecule has 0 radical (unpaired) electrons. The molecular weight excluding hydrogens is 569 g/mol. The molecule has 1 aromatic heterocycles. The predicted octanol–water partition coefficient (Wildman–Crippen LogP) is 10.7. The van der Waals surface area contributed by atoms with E-state index in [-0.39, 0.29) is 0 Å².